The van der Waals surface area contributed by atoms with E-state index in [9.17, 15) is 4.79 Å². The number of ketones is 1. The molecule has 1 aromatic carbocycles. The molecule has 0 N–H and O–H groups in total. The van der Waals surface area contributed by atoms with Crippen molar-refractivity contribution in [3.05, 3.63) is 52.8 Å². The summed E-state index contributed by atoms with van der Waals surface area (Å²) in [5, 5.41) is 4.43. The number of aromatic nitrogens is 2. The van der Waals surface area contributed by atoms with Crippen molar-refractivity contribution in [1.82, 2.24) is 9.78 Å². The Morgan fingerprint density at radius 3 is 2.85 bits per heavy atom. The van der Waals surface area contributed by atoms with E-state index in [1.54, 1.807) is 6.20 Å². The molecule has 104 valence electrons. The lowest BCUT2D eigenvalue weighted by molar-refractivity contribution is 0.0910. The summed E-state index contributed by atoms with van der Waals surface area (Å²) in [6.45, 7) is 7.13. The standard InChI is InChI=1S/C17H20N2O/c1-12-5-4-6-13(7-12)11-19-15-8-17(2,3)9-16(20)14(15)10-18-19/h4-7,10H,8-9,11H2,1-3H3. The number of nitrogens with zero attached hydrogens (tertiary/aromatic N) is 2. The zero-order valence-corrected chi connectivity index (χ0v) is 12.3. The molecule has 1 aliphatic carbocycles. The molecule has 0 saturated heterocycles. The van der Waals surface area contributed by atoms with Crippen LogP contribution in [0, 0.1) is 12.3 Å². The molecule has 1 aromatic heterocycles. The van der Waals surface area contributed by atoms with Gasteiger partial charge in [-0.15, -0.1) is 0 Å². The van der Waals surface area contributed by atoms with Gasteiger partial charge in [0.25, 0.3) is 0 Å². The van der Waals surface area contributed by atoms with Crippen LogP contribution in [0.4, 0.5) is 0 Å². The van der Waals surface area contributed by atoms with Gasteiger partial charge in [-0.3, -0.25) is 9.48 Å². The number of aryl methyl sites for hydroxylation is 1. The third-order valence-electron chi connectivity index (χ3n) is 3.95. The van der Waals surface area contributed by atoms with Crippen LogP contribution >= 0.6 is 0 Å². The molecule has 0 radical (unpaired) electrons. The highest BCUT2D eigenvalue weighted by Gasteiger charge is 2.33. The van der Waals surface area contributed by atoms with Crippen LogP contribution < -0.4 is 0 Å². The van der Waals surface area contributed by atoms with Crippen LogP contribution in [0.5, 0.6) is 0 Å². The average Bonchev–Trinajstić information content (AvgIpc) is 2.71. The van der Waals surface area contributed by atoms with Gasteiger partial charge < -0.3 is 0 Å². The second-order valence-corrected chi connectivity index (χ2v) is 6.59. The third kappa shape index (κ3) is 2.40. The molecule has 1 aliphatic rings. The molecule has 0 spiro atoms. The van der Waals surface area contributed by atoms with Crippen LogP contribution in [0.15, 0.2) is 30.5 Å². The van der Waals surface area contributed by atoms with Crippen LogP contribution in [-0.2, 0) is 13.0 Å². The zero-order chi connectivity index (χ0) is 14.3. The highest BCUT2D eigenvalue weighted by Crippen LogP contribution is 2.34. The van der Waals surface area contributed by atoms with Crippen molar-refractivity contribution in [1.29, 1.82) is 0 Å². The molecular formula is C17H20N2O. The monoisotopic (exact) mass is 268 g/mol. The number of hydrogen-bond donors (Lipinski definition) is 0. The van der Waals surface area contributed by atoms with Gasteiger partial charge in [0.05, 0.1) is 24.0 Å². The topological polar surface area (TPSA) is 34.9 Å². The predicted molar refractivity (Wildman–Crippen MR) is 78.9 cm³/mol. The maximum atomic E-state index is 12.2. The van der Waals surface area contributed by atoms with Crippen molar-refractivity contribution in [3.63, 3.8) is 0 Å². The molecular weight excluding hydrogens is 248 g/mol. The quantitative estimate of drug-likeness (QED) is 0.836. The Morgan fingerprint density at radius 1 is 1.30 bits per heavy atom. The summed E-state index contributed by atoms with van der Waals surface area (Å²) in [6, 6.07) is 8.44. The molecule has 0 saturated carbocycles. The van der Waals surface area contributed by atoms with Crippen molar-refractivity contribution in [2.24, 2.45) is 5.41 Å². The van der Waals surface area contributed by atoms with E-state index < -0.39 is 0 Å². The van der Waals surface area contributed by atoms with Gasteiger partial charge in [-0.25, -0.2) is 0 Å². The maximum absolute atomic E-state index is 12.2. The molecule has 1 heterocycles. The van der Waals surface area contributed by atoms with Gasteiger partial charge in [0.15, 0.2) is 5.78 Å². The molecule has 20 heavy (non-hydrogen) atoms. The predicted octanol–water partition coefficient (Wildman–Crippen LogP) is 3.39. The van der Waals surface area contributed by atoms with Gasteiger partial charge in [-0.1, -0.05) is 43.7 Å². The van der Waals surface area contributed by atoms with E-state index in [4.69, 9.17) is 0 Å². The Morgan fingerprint density at radius 2 is 2.10 bits per heavy atom. The lowest BCUT2D eigenvalue weighted by Gasteiger charge is -2.29. The minimum Gasteiger partial charge on any atom is -0.294 e. The summed E-state index contributed by atoms with van der Waals surface area (Å²) in [4.78, 5) is 12.2. The highest BCUT2D eigenvalue weighted by molar-refractivity contribution is 5.98. The van der Waals surface area contributed by atoms with Crippen LogP contribution in [0.25, 0.3) is 0 Å². The minimum absolute atomic E-state index is 0.0362. The van der Waals surface area contributed by atoms with Crippen molar-refractivity contribution < 1.29 is 4.79 Å². The molecule has 0 unspecified atom stereocenters. The Labute approximate surface area is 119 Å². The minimum atomic E-state index is 0.0362. The van der Waals surface area contributed by atoms with Crippen molar-refractivity contribution >= 4 is 5.78 Å². The van der Waals surface area contributed by atoms with E-state index in [0.717, 1.165) is 24.2 Å². The first kappa shape index (κ1) is 13.1. The van der Waals surface area contributed by atoms with Gasteiger partial charge in [-0.2, -0.15) is 5.10 Å². The normalized spacial score (nSPS) is 17.1. The number of benzene rings is 1. The fourth-order valence-corrected chi connectivity index (χ4v) is 3.00. The summed E-state index contributed by atoms with van der Waals surface area (Å²) >= 11 is 0. The first-order valence-electron chi connectivity index (χ1n) is 7.08. The second kappa shape index (κ2) is 4.58. The van der Waals surface area contributed by atoms with E-state index in [2.05, 4.69) is 50.1 Å². The average molecular weight is 268 g/mol. The first-order valence-corrected chi connectivity index (χ1v) is 7.08. The van der Waals surface area contributed by atoms with Gasteiger partial charge in [0.1, 0.15) is 0 Å². The zero-order valence-electron chi connectivity index (χ0n) is 12.3. The number of carbonyl (C=O) groups is 1. The molecule has 0 fully saturated rings. The van der Waals surface area contributed by atoms with E-state index in [1.807, 2.05) is 4.68 Å². The second-order valence-electron chi connectivity index (χ2n) is 6.59. The van der Waals surface area contributed by atoms with E-state index in [-0.39, 0.29) is 11.2 Å². The summed E-state index contributed by atoms with van der Waals surface area (Å²) in [7, 11) is 0. The Kier molecular flexibility index (Phi) is 3.00. The summed E-state index contributed by atoms with van der Waals surface area (Å²) < 4.78 is 1.99. The maximum Gasteiger partial charge on any atom is 0.166 e. The Hall–Kier alpha value is -1.90. The largest absolute Gasteiger partial charge is 0.294 e. The number of fused-ring (bicyclic) bond motifs is 1. The molecule has 0 amide bonds. The summed E-state index contributed by atoms with van der Waals surface area (Å²) in [5.41, 5.74) is 4.42. The Balaban J connectivity index is 1.95. The van der Waals surface area contributed by atoms with Gasteiger partial charge in [0, 0.05) is 6.42 Å². The molecule has 0 bridgehead atoms. The van der Waals surface area contributed by atoms with Crippen LogP contribution in [0.2, 0.25) is 0 Å². The van der Waals surface area contributed by atoms with Crippen LogP contribution in [0.1, 0.15) is 47.4 Å². The van der Waals surface area contributed by atoms with Gasteiger partial charge >= 0.3 is 0 Å². The number of rotatable bonds is 2. The first-order chi connectivity index (χ1) is 9.44. The van der Waals surface area contributed by atoms with E-state index >= 15 is 0 Å². The SMILES string of the molecule is Cc1cccc(Cn2ncc3c2CC(C)(C)CC3=O)c1. The number of carbonyl (C=O) groups excluding carboxylic acids is 1. The summed E-state index contributed by atoms with van der Waals surface area (Å²) in [6.07, 6.45) is 3.28. The van der Waals surface area contributed by atoms with Crippen molar-refractivity contribution in [3.8, 4) is 0 Å². The van der Waals surface area contributed by atoms with Crippen molar-refractivity contribution in [2.75, 3.05) is 0 Å². The number of Topliss-reactive ketones (excluding diaryl/α,β-unsaturated/α-hetero) is 1. The van der Waals surface area contributed by atoms with Gasteiger partial charge in [-0.05, 0) is 24.3 Å². The van der Waals surface area contributed by atoms with Gasteiger partial charge in [0.2, 0.25) is 0 Å². The smallest absolute Gasteiger partial charge is 0.166 e. The number of hydrogen-bond acceptors (Lipinski definition) is 2. The fourth-order valence-electron chi connectivity index (χ4n) is 3.00. The fraction of sp³-hybridized carbons (Fsp3) is 0.412. The van der Waals surface area contributed by atoms with Crippen LogP contribution in [0.3, 0.4) is 0 Å². The lowest BCUT2D eigenvalue weighted by atomic mass is 9.76. The van der Waals surface area contributed by atoms with E-state index in [1.165, 1.54) is 11.1 Å². The molecule has 2 aromatic rings. The molecule has 0 atom stereocenters. The molecule has 3 rings (SSSR count). The third-order valence-corrected chi connectivity index (χ3v) is 3.95. The van der Waals surface area contributed by atoms with E-state index in [0.29, 0.717) is 6.42 Å². The van der Waals surface area contributed by atoms with Crippen molar-refractivity contribution in [2.45, 2.75) is 40.2 Å². The Bertz CT molecular complexity index is 667. The molecule has 3 nitrogen and oxygen atoms in total. The molecule has 0 aliphatic heterocycles. The lowest BCUT2D eigenvalue weighted by Crippen LogP contribution is -2.28. The van der Waals surface area contributed by atoms with Crippen LogP contribution in [-0.4, -0.2) is 15.6 Å². The summed E-state index contributed by atoms with van der Waals surface area (Å²) in [5.74, 6) is 0.228. The molecule has 3 heteroatoms. The highest BCUT2D eigenvalue weighted by atomic mass is 16.1.